The summed E-state index contributed by atoms with van der Waals surface area (Å²) in [7, 11) is 1.56. The molecule has 0 heterocycles. The minimum Gasteiger partial charge on any atom is -0.385 e. The number of ketones is 1. The number of alkyl halides is 3. The van der Waals surface area contributed by atoms with Crippen molar-refractivity contribution in [2.45, 2.75) is 25.4 Å². The van der Waals surface area contributed by atoms with Crippen molar-refractivity contribution in [3.05, 3.63) is 35.4 Å². The first kappa shape index (κ1) is 14.7. The van der Waals surface area contributed by atoms with Crippen LogP contribution in [0, 0.1) is 0 Å². The molecule has 0 radical (unpaired) electrons. The van der Waals surface area contributed by atoms with Gasteiger partial charge in [-0.05, 0) is 24.1 Å². The molecule has 100 valence electrons. The number of hydrogen-bond donors (Lipinski definition) is 0. The third-order valence-electron chi connectivity index (χ3n) is 2.49. The molecule has 18 heavy (non-hydrogen) atoms. The van der Waals surface area contributed by atoms with E-state index in [1.807, 2.05) is 0 Å². The summed E-state index contributed by atoms with van der Waals surface area (Å²) in [5.74, 6) is 0.00630. The second kappa shape index (κ2) is 6.54. The number of carbonyl (C=O) groups is 1. The van der Waals surface area contributed by atoms with Crippen molar-refractivity contribution in [1.29, 1.82) is 0 Å². The van der Waals surface area contributed by atoms with E-state index < -0.39 is 11.7 Å². The Labute approximate surface area is 104 Å². The highest BCUT2D eigenvalue weighted by Gasteiger charge is 2.29. The molecule has 0 aliphatic carbocycles. The molecule has 5 heteroatoms. The van der Waals surface area contributed by atoms with Crippen LogP contribution in [0.4, 0.5) is 13.2 Å². The van der Waals surface area contributed by atoms with Gasteiger partial charge in [0.2, 0.25) is 0 Å². The second-order valence-electron chi connectivity index (χ2n) is 4.01. The van der Waals surface area contributed by atoms with E-state index in [0.29, 0.717) is 25.0 Å². The zero-order valence-corrected chi connectivity index (χ0v) is 10.1. The van der Waals surface area contributed by atoms with Crippen LogP contribution in [-0.2, 0) is 22.1 Å². The first-order valence-electron chi connectivity index (χ1n) is 5.60. The average molecular weight is 260 g/mol. The molecule has 0 unspecified atom stereocenters. The second-order valence-corrected chi connectivity index (χ2v) is 4.01. The molecule has 0 N–H and O–H groups in total. The fourth-order valence-corrected chi connectivity index (χ4v) is 1.54. The molecular weight excluding hydrogens is 245 g/mol. The van der Waals surface area contributed by atoms with Crippen LogP contribution in [0.2, 0.25) is 0 Å². The first-order chi connectivity index (χ1) is 8.43. The molecule has 0 aliphatic heterocycles. The maximum atomic E-state index is 12.3. The third kappa shape index (κ3) is 4.87. The Morgan fingerprint density at radius 1 is 1.22 bits per heavy atom. The Morgan fingerprint density at radius 3 is 2.33 bits per heavy atom. The molecule has 0 amide bonds. The Morgan fingerprint density at radius 2 is 1.83 bits per heavy atom. The minimum absolute atomic E-state index is 0.00630. The standard InChI is InChI=1S/C13H15F3O2/c1-18-8-2-3-12(17)9-10-4-6-11(7-5-10)13(14,15)16/h4-7H,2-3,8-9H2,1H3. The Kier molecular flexibility index (Phi) is 5.34. The van der Waals surface area contributed by atoms with Gasteiger partial charge < -0.3 is 4.74 Å². The predicted octanol–water partition coefficient (Wildman–Crippen LogP) is 3.24. The molecule has 0 fully saturated rings. The van der Waals surface area contributed by atoms with Crippen molar-refractivity contribution in [2.75, 3.05) is 13.7 Å². The molecule has 0 atom stereocenters. The molecule has 0 spiro atoms. The van der Waals surface area contributed by atoms with Gasteiger partial charge in [0.1, 0.15) is 5.78 Å². The number of Topliss-reactive ketones (excluding diaryl/α,β-unsaturated/α-hetero) is 1. The predicted molar refractivity (Wildman–Crippen MR) is 61.3 cm³/mol. The van der Waals surface area contributed by atoms with E-state index in [1.165, 1.54) is 12.1 Å². The summed E-state index contributed by atoms with van der Waals surface area (Å²) in [6.07, 6.45) is -3.15. The maximum absolute atomic E-state index is 12.3. The summed E-state index contributed by atoms with van der Waals surface area (Å²) in [6.45, 7) is 0.513. The van der Waals surface area contributed by atoms with Crippen molar-refractivity contribution in [2.24, 2.45) is 0 Å². The Hall–Kier alpha value is -1.36. The summed E-state index contributed by atoms with van der Waals surface area (Å²) >= 11 is 0. The zero-order chi connectivity index (χ0) is 13.6. The largest absolute Gasteiger partial charge is 0.416 e. The van der Waals surface area contributed by atoms with E-state index >= 15 is 0 Å². The van der Waals surface area contributed by atoms with Crippen LogP contribution in [0.25, 0.3) is 0 Å². The van der Waals surface area contributed by atoms with Crippen molar-refractivity contribution in [3.8, 4) is 0 Å². The van der Waals surface area contributed by atoms with Crippen molar-refractivity contribution >= 4 is 5.78 Å². The number of benzene rings is 1. The lowest BCUT2D eigenvalue weighted by atomic mass is 10.0. The summed E-state index contributed by atoms with van der Waals surface area (Å²) in [4.78, 5) is 11.5. The summed E-state index contributed by atoms with van der Waals surface area (Å²) in [5, 5.41) is 0. The summed E-state index contributed by atoms with van der Waals surface area (Å²) < 4.78 is 41.7. The molecular formula is C13H15F3O2. The van der Waals surface area contributed by atoms with Gasteiger partial charge in [-0.25, -0.2) is 0 Å². The Balaban J connectivity index is 2.51. The number of halogens is 3. The topological polar surface area (TPSA) is 26.3 Å². The van der Waals surface area contributed by atoms with E-state index in [-0.39, 0.29) is 12.2 Å². The van der Waals surface area contributed by atoms with Crippen LogP contribution in [0.15, 0.2) is 24.3 Å². The SMILES string of the molecule is COCCCC(=O)Cc1ccc(C(F)(F)F)cc1. The number of hydrogen-bond acceptors (Lipinski definition) is 2. The molecule has 0 saturated carbocycles. The van der Waals surface area contributed by atoms with Gasteiger partial charge in [-0.3, -0.25) is 4.79 Å². The first-order valence-corrected chi connectivity index (χ1v) is 5.60. The highest BCUT2D eigenvalue weighted by Crippen LogP contribution is 2.29. The van der Waals surface area contributed by atoms with Gasteiger partial charge in [0.25, 0.3) is 0 Å². The molecule has 0 bridgehead atoms. The van der Waals surface area contributed by atoms with Crippen molar-refractivity contribution in [3.63, 3.8) is 0 Å². The average Bonchev–Trinajstić information content (AvgIpc) is 2.29. The number of ether oxygens (including phenoxy) is 1. The normalized spacial score (nSPS) is 11.6. The highest BCUT2D eigenvalue weighted by atomic mass is 19.4. The van der Waals surface area contributed by atoms with Gasteiger partial charge >= 0.3 is 6.18 Å². The molecule has 1 aromatic carbocycles. The lowest BCUT2D eigenvalue weighted by molar-refractivity contribution is -0.137. The van der Waals surface area contributed by atoms with Crippen molar-refractivity contribution < 1.29 is 22.7 Å². The van der Waals surface area contributed by atoms with Gasteiger partial charge in [-0.2, -0.15) is 13.2 Å². The minimum atomic E-state index is -4.33. The maximum Gasteiger partial charge on any atom is 0.416 e. The van der Waals surface area contributed by atoms with E-state index in [0.717, 1.165) is 12.1 Å². The van der Waals surface area contributed by atoms with Crippen molar-refractivity contribution in [1.82, 2.24) is 0 Å². The number of rotatable bonds is 6. The lowest BCUT2D eigenvalue weighted by Crippen LogP contribution is -2.07. The van der Waals surface area contributed by atoms with Crippen LogP contribution < -0.4 is 0 Å². The lowest BCUT2D eigenvalue weighted by Gasteiger charge is -2.07. The fraction of sp³-hybridized carbons (Fsp3) is 0.462. The summed E-state index contributed by atoms with van der Waals surface area (Å²) in [5.41, 5.74) is -0.0940. The van der Waals surface area contributed by atoms with E-state index in [2.05, 4.69) is 0 Å². The van der Waals surface area contributed by atoms with Gasteiger partial charge in [0.05, 0.1) is 5.56 Å². The fourth-order valence-electron chi connectivity index (χ4n) is 1.54. The van der Waals surface area contributed by atoms with Gasteiger partial charge in [-0.1, -0.05) is 12.1 Å². The third-order valence-corrected chi connectivity index (χ3v) is 2.49. The van der Waals surface area contributed by atoms with E-state index in [1.54, 1.807) is 7.11 Å². The summed E-state index contributed by atoms with van der Waals surface area (Å²) in [6, 6.07) is 4.68. The molecule has 2 nitrogen and oxygen atoms in total. The van der Waals surface area contributed by atoms with Gasteiger partial charge in [-0.15, -0.1) is 0 Å². The van der Waals surface area contributed by atoms with Gasteiger partial charge in [0, 0.05) is 26.6 Å². The number of carbonyl (C=O) groups excluding carboxylic acids is 1. The zero-order valence-electron chi connectivity index (χ0n) is 10.1. The van der Waals surface area contributed by atoms with Crippen LogP contribution >= 0.6 is 0 Å². The smallest absolute Gasteiger partial charge is 0.385 e. The van der Waals surface area contributed by atoms with Gasteiger partial charge in [0.15, 0.2) is 0 Å². The monoisotopic (exact) mass is 260 g/mol. The highest BCUT2D eigenvalue weighted by molar-refractivity contribution is 5.80. The molecule has 1 rings (SSSR count). The van der Waals surface area contributed by atoms with E-state index in [9.17, 15) is 18.0 Å². The quantitative estimate of drug-likeness (QED) is 0.734. The van der Waals surface area contributed by atoms with E-state index in [4.69, 9.17) is 4.74 Å². The molecule has 0 aromatic heterocycles. The Bertz CT molecular complexity index is 382. The molecule has 0 saturated heterocycles. The van der Waals surface area contributed by atoms with Crippen LogP contribution in [0.3, 0.4) is 0 Å². The van der Waals surface area contributed by atoms with Crippen LogP contribution in [-0.4, -0.2) is 19.5 Å². The molecule has 1 aromatic rings. The van der Waals surface area contributed by atoms with Crippen LogP contribution in [0.1, 0.15) is 24.0 Å². The number of methoxy groups -OCH3 is 1. The van der Waals surface area contributed by atoms with Crippen LogP contribution in [0.5, 0.6) is 0 Å². The molecule has 0 aliphatic rings.